The van der Waals surface area contributed by atoms with Crippen molar-refractivity contribution in [2.45, 2.75) is 38.4 Å². The first-order valence-electron chi connectivity index (χ1n) is 5.46. The molecule has 1 unspecified atom stereocenters. The Kier molecular flexibility index (Phi) is 4.58. The van der Waals surface area contributed by atoms with Crippen LogP contribution in [0.25, 0.3) is 0 Å². The number of carbonyl (C=O) groups excluding carboxylic acids is 1. The molecule has 3 nitrogen and oxygen atoms in total. The molecular formula is C10H17F3N2O. The zero-order chi connectivity index (χ0) is 12.2. The average Bonchev–Trinajstić information content (AvgIpc) is 2.16. The molecule has 0 saturated carbocycles. The van der Waals surface area contributed by atoms with Crippen LogP contribution in [0.3, 0.4) is 0 Å². The van der Waals surface area contributed by atoms with E-state index < -0.39 is 18.6 Å². The first-order chi connectivity index (χ1) is 7.38. The van der Waals surface area contributed by atoms with Gasteiger partial charge in [0.15, 0.2) is 0 Å². The van der Waals surface area contributed by atoms with Crippen molar-refractivity contribution >= 4 is 5.91 Å². The van der Waals surface area contributed by atoms with Crippen molar-refractivity contribution in [2.75, 3.05) is 13.1 Å². The number of alkyl halides is 3. The van der Waals surface area contributed by atoms with Crippen LogP contribution in [0.15, 0.2) is 0 Å². The van der Waals surface area contributed by atoms with E-state index in [-0.39, 0.29) is 11.8 Å². The summed E-state index contributed by atoms with van der Waals surface area (Å²) in [5.74, 6) is -0.393. The average molecular weight is 238 g/mol. The smallest absolute Gasteiger partial charge is 0.353 e. The van der Waals surface area contributed by atoms with E-state index in [1.165, 1.54) is 6.92 Å². The van der Waals surface area contributed by atoms with Gasteiger partial charge in [-0.1, -0.05) is 0 Å². The Balaban J connectivity index is 2.32. The zero-order valence-electron chi connectivity index (χ0n) is 9.23. The normalized spacial score (nSPS) is 20.5. The number of nitrogens with one attached hydrogen (secondary N) is 2. The maximum atomic E-state index is 12.0. The highest BCUT2D eigenvalue weighted by Gasteiger charge is 2.31. The molecule has 1 atom stereocenters. The SMILES string of the molecule is CC(CC(F)(F)F)NC(=O)C1CCNCC1. The van der Waals surface area contributed by atoms with E-state index in [9.17, 15) is 18.0 Å². The Morgan fingerprint density at radius 1 is 1.44 bits per heavy atom. The number of hydrogen-bond donors (Lipinski definition) is 2. The third-order valence-electron chi connectivity index (χ3n) is 2.64. The number of carbonyl (C=O) groups is 1. The van der Waals surface area contributed by atoms with Crippen LogP contribution in [0.1, 0.15) is 26.2 Å². The lowest BCUT2D eigenvalue weighted by molar-refractivity contribution is -0.142. The third-order valence-corrected chi connectivity index (χ3v) is 2.64. The second kappa shape index (κ2) is 5.52. The molecule has 0 aromatic heterocycles. The fourth-order valence-electron chi connectivity index (χ4n) is 1.84. The van der Waals surface area contributed by atoms with Gasteiger partial charge in [-0.25, -0.2) is 0 Å². The fourth-order valence-corrected chi connectivity index (χ4v) is 1.84. The van der Waals surface area contributed by atoms with Gasteiger partial charge in [-0.15, -0.1) is 0 Å². The summed E-state index contributed by atoms with van der Waals surface area (Å²) < 4.78 is 36.1. The lowest BCUT2D eigenvalue weighted by Gasteiger charge is -2.24. The Bertz CT molecular complexity index is 237. The molecule has 1 rings (SSSR count). The number of amides is 1. The number of hydrogen-bond acceptors (Lipinski definition) is 2. The summed E-state index contributed by atoms with van der Waals surface area (Å²) in [7, 11) is 0. The van der Waals surface area contributed by atoms with Gasteiger partial charge in [-0.05, 0) is 32.9 Å². The molecule has 2 N–H and O–H groups in total. The lowest BCUT2D eigenvalue weighted by Crippen LogP contribution is -2.43. The van der Waals surface area contributed by atoms with E-state index in [2.05, 4.69) is 10.6 Å². The number of rotatable bonds is 3. The maximum absolute atomic E-state index is 12.0. The highest BCUT2D eigenvalue weighted by Crippen LogP contribution is 2.21. The van der Waals surface area contributed by atoms with Crippen molar-refractivity contribution in [1.82, 2.24) is 10.6 Å². The Hall–Kier alpha value is -0.780. The van der Waals surface area contributed by atoms with Gasteiger partial charge < -0.3 is 10.6 Å². The quantitative estimate of drug-likeness (QED) is 0.781. The summed E-state index contributed by atoms with van der Waals surface area (Å²) in [6.45, 7) is 2.89. The van der Waals surface area contributed by atoms with Gasteiger partial charge in [0, 0.05) is 12.0 Å². The minimum atomic E-state index is -4.22. The molecule has 16 heavy (non-hydrogen) atoms. The summed E-state index contributed by atoms with van der Waals surface area (Å²) in [6, 6.07) is -0.845. The summed E-state index contributed by atoms with van der Waals surface area (Å²) in [6.07, 6.45) is -3.79. The Labute approximate surface area is 92.8 Å². The molecule has 94 valence electrons. The molecule has 1 amide bonds. The number of piperidine rings is 1. The zero-order valence-corrected chi connectivity index (χ0v) is 9.23. The highest BCUT2D eigenvalue weighted by atomic mass is 19.4. The maximum Gasteiger partial charge on any atom is 0.391 e. The summed E-state index contributed by atoms with van der Waals surface area (Å²) in [5.41, 5.74) is 0. The molecule has 6 heteroatoms. The van der Waals surface area contributed by atoms with Crippen LogP contribution in [0.4, 0.5) is 13.2 Å². The molecule has 1 aliphatic heterocycles. The molecule has 1 saturated heterocycles. The fraction of sp³-hybridized carbons (Fsp3) is 0.900. The first-order valence-corrected chi connectivity index (χ1v) is 5.46. The largest absolute Gasteiger partial charge is 0.391 e. The molecule has 0 aromatic carbocycles. The van der Waals surface area contributed by atoms with Crippen molar-refractivity contribution < 1.29 is 18.0 Å². The monoisotopic (exact) mass is 238 g/mol. The van der Waals surface area contributed by atoms with E-state index in [0.29, 0.717) is 12.8 Å². The first kappa shape index (κ1) is 13.3. The number of halogens is 3. The van der Waals surface area contributed by atoms with Crippen molar-refractivity contribution in [3.05, 3.63) is 0 Å². The molecule has 0 spiro atoms. The van der Waals surface area contributed by atoms with E-state index >= 15 is 0 Å². The van der Waals surface area contributed by atoms with E-state index in [1.807, 2.05) is 0 Å². The molecule has 0 aliphatic carbocycles. The molecule has 1 heterocycles. The molecule has 0 radical (unpaired) electrons. The Morgan fingerprint density at radius 2 is 2.00 bits per heavy atom. The van der Waals surface area contributed by atoms with Crippen LogP contribution in [-0.2, 0) is 4.79 Å². The molecule has 0 aromatic rings. The molecule has 1 aliphatic rings. The van der Waals surface area contributed by atoms with Crippen LogP contribution < -0.4 is 10.6 Å². The predicted molar refractivity (Wildman–Crippen MR) is 53.9 cm³/mol. The van der Waals surface area contributed by atoms with Crippen molar-refractivity contribution in [3.63, 3.8) is 0 Å². The summed E-state index contributed by atoms with van der Waals surface area (Å²) in [4.78, 5) is 11.6. The van der Waals surface area contributed by atoms with Crippen LogP contribution in [-0.4, -0.2) is 31.2 Å². The standard InChI is InChI=1S/C10H17F3N2O/c1-7(6-10(11,12)13)15-9(16)8-2-4-14-5-3-8/h7-8,14H,2-6H2,1H3,(H,15,16). The van der Waals surface area contributed by atoms with Crippen LogP contribution in [0.2, 0.25) is 0 Å². The van der Waals surface area contributed by atoms with Crippen LogP contribution in [0, 0.1) is 5.92 Å². The van der Waals surface area contributed by atoms with Crippen LogP contribution in [0.5, 0.6) is 0 Å². The van der Waals surface area contributed by atoms with Gasteiger partial charge in [0.25, 0.3) is 0 Å². The topological polar surface area (TPSA) is 41.1 Å². The summed E-state index contributed by atoms with van der Waals surface area (Å²) >= 11 is 0. The van der Waals surface area contributed by atoms with Gasteiger partial charge in [-0.2, -0.15) is 13.2 Å². The van der Waals surface area contributed by atoms with E-state index in [4.69, 9.17) is 0 Å². The predicted octanol–water partition coefficient (Wildman–Crippen LogP) is 1.44. The van der Waals surface area contributed by atoms with Gasteiger partial charge in [-0.3, -0.25) is 4.79 Å². The second-order valence-corrected chi connectivity index (χ2v) is 4.25. The lowest BCUT2D eigenvalue weighted by atomic mass is 9.97. The van der Waals surface area contributed by atoms with E-state index in [1.54, 1.807) is 0 Å². The van der Waals surface area contributed by atoms with Crippen molar-refractivity contribution in [3.8, 4) is 0 Å². The van der Waals surface area contributed by atoms with Crippen LogP contribution >= 0.6 is 0 Å². The minimum Gasteiger partial charge on any atom is -0.353 e. The van der Waals surface area contributed by atoms with Crippen molar-refractivity contribution in [1.29, 1.82) is 0 Å². The molecule has 0 bridgehead atoms. The second-order valence-electron chi connectivity index (χ2n) is 4.25. The van der Waals surface area contributed by atoms with E-state index in [0.717, 1.165) is 13.1 Å². The minimum absolute atomic E-state index is 0.142. The van der Waals surface area contributed by atoms with Gasteiger partial charge >= 0.3 is 6.18 Å². The van der Waals surface area contributed by atoms with Gasteiger partial charge in [0.2, 0.25) is 5.91 Å². The van der Waals surface area contributed by atoms with Crippen molar-refractivity contribution in [2.24, 2.45) is 5.92 Å². The summed E-state index contributed by atoms with van der Waals surface area (Å²) in [5, 5.41) is 5.52. The highest BCUT2D eigenvalue weighted by molar-refractivity contribution is 5.79. The third kappa shape index (κ3) is 4.83. The molecule has 1 fully saturated rings. The van der Waals surface area contributed by atoms with Gasteiger partial charge in [0.1, 0.15) is 0 Å². The van der Waals surface area contributed by atoms with Gasteiger partial charge in [0.05, 0.1) is 6.42 Å². The molecular weight excluding hydrogens is 221 g/mol. The Morgan fingerprint density at radius 3 is 2.50 bits per heavy atom.